The third kappa shape index (κ3) is 4.76. The SMILES string of the molecule is CCC(=O)Nc1ccc(N2C(=S)N[C@H](c3ccccn3)[C@@H]2c2c(C)c(C)n(-c3ccccc3)c2C)cc1OC. The van der Waals surface area contributed by atoms with Crippen molar-refractivity contribution in [3.8, 4) is 11.4 Å². The van der Waals surface area contributed by atoms with Crippen LogP contribution in [-0.2, 0) is 4.79 Å². The van der Waals surface area contributed by atoms with Gasteiger partial charge in [0.15, 0.2) is 5.11 Å². The number of carbonyl (C=O) groups excluding carboxylic acids is 1. The zero-order valence-electron chi connectivity index (χ0n) is 22.9. The number of pyridine rings is 1. The first-order chi connectivity index (χ1) is 18.8. The van der Waals surface area contributed by atoms with Crippen molar-refractivity contribution in [1.29, 1.82) is 0 Å². The normalized spacial score (nSPS) is 16.7. The van der Waals surface area contributed by atoms with E-state index in [0.29, 0.717) is 23.0 Å². The predicted molar refractivity (Wildman–Crippen MR) is 160 cm³/mol. The fourth-order valence-corrected chi connectivity index (χ4v) is 5.85. The molecule has 0 radical (unpaired) electrons. The number of rotatable bonds is 7. The van der Waals surface area contributed by atoms with Crippen LogP contribution in [0.5, 0.6) is 5.75 Å². The van der Waals surface area contributed by atoms with Crippen molar-refractivity contribution in [3.05, 3.63) is 101 Å². The molecule has 4 aromatic rings. The molecule has 2 N–H and O–H groups in total. The summed E-state index contributed by atoms with van der Waals surface area (Å²) in [7, 11) is 1.60. The number of carbonyl (C=O) groups is 1. The summed E-state index contributed by atoms with van der Waals surface area (Å²) in [4.78, 5) is 18.9. The van der Waals surface area contributed by atoms with Crippen LogP contribution in [0, 0.1) is 20.8 Å². The van der Waals surface area contributed by atoms with E-state index >= 15 is 0 Å². The number of benzene rings is 2. The van der Waals surface area contributed by atoms with Crippen LogP contribution in [0.25, 0.3) is 5.69 Å². The average Bonchev–Trinajstić information content (AvgIpc) is 3.41. The molecule has 1 aliphatic rings. The van der Waals surface area contributed by atoms with Crippen molar-refractivity contribution in [1.82, 2.24) is 14.9 Å². The Kier molecular flexibility index (Phi) is 7.39. The zero-order valence-corrected chi connectivity index (χ0v) is 23.7. The molecule has 0 bridgehead atoms. The molecule has 200 valence electrons. The molecule has 8 heteroatoms. The molecular formula is C31H33N5O2S. The van der Waals surface area contributed by atoms with Gasteiger partial charge in [0, 0.05) is 47.0 Å². The number of nitrogens with zero attached hydrogens (tertiary/aromatic N) is 3. The molecule has 1 amide bonds. The number of thiocarbonyl (C=S) groups is 1. The van der Waals surface area contributed by atoms with E-state index in [4.69, 9.17) is 21.9 Å². The lowest BCUT2D eigenvalue weighted by atomic mass is 9.93. The van der Waals surface area contributed by atoms with Gasteiger partial charge in [-0.25, -0.2) is 0 Å². The molecule has 7 nitrogen and oxygen atoms in total. The summed E-state index contributed by atoms with van der Waals surface area (Å²) in [6, 6.07) is 21.8. The van der Waals surface area contributed by atoms with E-state index in [1.165, 1.54) is 16.8 Å². The number of para-hydroxylation sites is 1. The largest absolute Gasteiger partial charge is 0.494 e. The number of hydrogen-bond donors (Lipinski definition) is 2. The van der Waals surface area contributed by atoms with Crippen molar-refractivity contribution in [2.45, 2.75) is 46.2 Å². The van der Waals surface area contributed by atoms with Crippen molar-refractivity contribution in [2.24, 2.45) is 0 Å². The Morgan fingerprint density at radius 1 is 1.03 bits per heavy atom. The second kappa shape index (κ2) is 10.9. The number of methoxy groups -OCH3 is 1. The third-order valence-electron chi connectivity index (χ3n) is 7.47. The van der Waals surface area contributed by atoms with Crippen LogP contribution in [0.1, 0.15) is 53.6 Å². The summed E-state index contributed by atoms with van der Waals surface area (Å²) in [5.74, 6) is 0.500. The van der Waals surface area contributed by atoms with Crippen molar-refractivity contribution in [2.75, 3.05) is 17.3 Å². The predicted octanol–water partition coefficient (Wildman–Crippen LogP) is 6.33. The van der Waals surface area contributed by atoms with Gasteiger partial charge in [-0.2, -0.15) is 0 Å². The fraction of sp³-hybridized carbons (Fsp3) is 0.258. The second-order valence-electron chi connectivity index (χ2n) is 9.66. The number of nitrogens with one attached hydrogen (secondary N) is 2. The molecule has 0 unspecified atom stereocenters. The molecule has 1 aliphatic heterocycles. The minimum Gasteiger partial charge on any atom is -0.494 e. The first kappa shape index (κ1) is 26.4. The molecule has 2 aromatic carbocycles. The van der Waals surface area contributed by atoms with E-state index < -0.39 is 0 Å². The Bertz CT molecular complexity index is 1520. The highest BCUT2D eigenvalue weighted by Crippen LogP contribution is 2.46. The smallest absolute Gasteiger partial charge is 0.224 e. The Morgan fingerprint density at radius 3 is 2.44 bits per heavy atom. The highest BCUT2D eigenvalue weighted by molar-refractivity contribution is 7.80. The van der Waals surface area contributed by atoms with Crippen LogP contribution in [-0.4, -0.2) is 27.7 Å². The van der Waals surface area contributed by atoms with Crippen LogP contribution < -0.4 is 20.3 Å². The van der Waals surface area contributed by atoms with Gasteiger partial charge in [0.25, 0.3) is 0 Å². The summed E-state index contributed by atoms with van der Waals surface area (Å²) in [6.45, 7) is 8.33. The summed E-state index contributed by atoms with van der Waals surface area (Å²) in [5, 5.41) is 7.08. The van der Waals surface area contributed by atoms with Gasteiger partial charge < -0.3 is 24.8 Å². The van der Waals surface area contributed by atoms with Gasteiger partial charge in [-0.15, -0.1) is 0 Å². The van der Waals surface area contributed by atoms with E-state index in [-0.39, 0.29) is 18.0 Å². The maximum absolute atomic E-state index is 12.1. The number of aromatic nitrogens is 2. The molecule has 0 aliphatic carbocycles. The molecule has 5 rings (SSSR count). The van der Waals surface area contributed by atoms with E-state index in [9.17, 15) is 4.79 Å². The summed E-state index contributed by atoms with van der Waals surface area (Å²) < 4.78 is 7.99. The lowest BCUT2D eigenvalue weighted by Gasteiger charge is -2.29. The zero-order chi connectivity index (χ0) is 27.7. The quantitative estimate of drug-likeness (QED) is 0.267. The summed E-state index contributed by atoms with van der Waals surface area (Å²) in [6.07, 6.45) is 2.20. The molecule has 1 saturated heterocycles. The van der Waals surface area contributed by atoms with Gasteiger partial charge in [0.1, 0.15) is 5.75 Å². The maximum Gasteiger partial charge on any atom is 0.224 e. The first-order valence-corrected chi connectivity index (χ1v) is 13.5. The van der Waals surface area contributed by atoms with Gasteiger partial charge in [-0.1, -0.05) is 31.2 Å². The summed E-state index contributed by atoms with van der Waals surface area (Å²) in [5.41, 5.74) is 8.26. The Morgan fingerprint density at radius 2 is 1.77 bits per heavy atom. The molecule has 39 heavy (non-hydrogen) atoms. The maximum atomic E-state index is 12.1. The first-order valence-electron chi connectivity index (χ1n) is 13.1. The molecule has 2 atom stereocenters. The molecule has 3 heterocycles. The second-order valence-corrected chi connectivity index (χ2v) is 10.1. The van der Waals surface area contributed by atoms with Crippen LogP contribution >= 0.6 is 12.2 Å². The number of anilines is 2. The number of amides is 1. The van der Waals surface area contributed by atoms with Crippen molar-refractivity contribution in [3.63, 3.8) is 0 Å². The van der Waals surface area contributed by atoms with Crippen LogP contribution in [0.3, 0.4) is 0 Å². The molecule has 0 saturated carbocycles. The van der Waals surface area contributed by atoms with Gasteiger partial charge in [-0.3, -0.25) is 9.78 Å². The fourth-order valence-electron chi connectivity index (χ4n) is 5.50. The molecular weight excluding hydrogens is 506 g/mol. The van der Waals surface area contributed by atoms with Crippen molar-refractivity contribution < 1.29 is 9.53 Å². The summed E-state index contributed by atoms with van der Waals surface area (Å²) >= 11 is 5.97. The standard InChI is InChI=1S/C31H33N5O2S/c1-6-27(37)33-24-16-15-23(18-26(24)38-5)36-30(29(34-31(36)39)25-14-10-11-17-32-25)28-19(2)20(3)35(21(28)4)22-12-8-7-9-13-22/h7-18,29-30H,6H2,1-5H3,(H,33,37)(H,34,39)/t29-,30+/m1/s1. The van der Waals surface area contributed by atoms with Gasteiger partial charge in [0.2, 0.25) is 5.91 Å². The van der Waals surface area contributed by atoms with Crippen LogP contribution in [0.2, 0.25) is 0 Å². The van der Waals surface area contributed by atoms with Gasteiger partial charge >= 0.3 is 0 Å². The van der Waals surface area contributed by atoms with E-state index in [2.05, 4.69) is 65.1 Å². The Balaban J connectivity index is 1.68. The molecule has 2 aromatic heterocycles. The Hall–Kier alpha value is -4.17. The van der Waals surface area contributed by atoms with E-state index in [1.807, 2.05) is 55.6 Å². The minimum absolute atomic E-state index is 0.0727. The lowest BCUT2D eigenvalue weighted by molar-refractivity contribution is -0.115. The highest BCUT2D eigenvalue weighted by atomic mass is 32.1. The average molecular weight is 540 g/mol. The number of hydrogen-bond acceptors (Lipinski definition) is 4. The minimum atomic E-state index is -0.174. The van der Waals surface area contributed by atoms with Crippen LogP contribution in [0.15, 0.2) is 72.9 Å². The van der Waals surface area contributed by atoms with Gasteiger partial charge in [-0.05, 0) is 75.0 Å². The van der Waals surface area contributed by atoms with E-state index in [0.717, 1.165) is 22.8 Å². The van der Waals surface area contributed by atoms with Gasteiger partial charge in [0.05, 0.1) is 30.6 Å². The monoisotopic (exact) mass is 539 g/mol. The third-order valence-corrected chi connectivity index (χ3v) is 7.79. The topological polar surface area (TPSA) is 71.4 Å². The Labute approximate surface area is 234 Å². The number of ether oxygens (including phenoxy) is 1. The highest BCUT2D eigenvalue weighted by Gasteiger charge is 2.43. The molecule has 0 spiro atoms. The van der Waals surface area contributed by atoms with E-state index in [1.54, 1.807) is 7.11 Å². The van der Waals surface area contributed by atoms with Crippen LogP contribution in [0.4, 0.5) is 11.4 Å². The lowest BCUT2D eigenvalue weighted by Crippen LogP contribution is -2.30. The van der Waals surface area contributed by atoms with Crippen molar-refractivity contribution >= 4 is 34.6 Å². The molecule has 1 fully saturated rings.